The molecular weight excluding hydrogens is 468 g/mol. The zero-order valence-corrected chi connectivity index (χ0v) is 18.2. The quantitative estimate of drug-likeness (QED) is 0.204. The molecule has 2 rings (SSSR count). The summed E-state index contributed by atoms with van der Waals surface area (Å²) in [6, 6.07) is 5.54. The molecule has 2 N–H and O–H groups in total. The predicted octanol–water partition coefficient (Wildman–Crippen LogP) is 6.34. The van der Waals surface area contributed by atoms with Gasteiger partial charge in [0.05, 0.1) is 16.9 Å². The van der Waals surface area contributed by atoms with Gasteiger partial charge in [0.1, 0.15) is 11.4 Å². The number of nitrogens with zero attached hydrogens (tertiary/aromatic N) is 1. The first-order valence-corrected chi connectivity index (χ1v) is 10.2. The highest BCUT2D eigenvalue weighted by Gasteiger charge is 2.32. The molecule has 0 saturated heterocycles. The van der Waals surface area contributed by atoms with Crippen molar-refractivity contribution in [3.8, 4) is 5.75 Å². The smallest absolute Gasteiger partial charge is 0.417 e. The minimum Gasteiger partial charge on any atom is -0.417 e. The fourth-order valence-corrected chi connectivity index (χ4v) is 3.13. The summed E-state index contributed by atoms with van der Waals surface area (Å²) >= 11 is 0.634. The van der Waals surface area contributed by atoms with Crippen molar-refractivity contribution in [1.29, 1.82) is 0 Å². The van der Waals surface area contributed by atoms with Crippen LogP contribution in [0, 0.1) is 0 Å². The molecule has 0 amide bonds. The molecule has 0 bridgehead atoms. The molecule has 0 radical (unpaired) electrons. The lowest BCUT2D eigenvalue weighted by Gasteiger charge is -2.11. The first kappa shape index (κ1) is 26.8. The number of rotatable bonds is 7. The number of thioether (sulfide) groups is 1. The van der Waals surface area contributed by atoms with Gasteiger partial charge in [0.15, 0.2) is 18.3 Å². The Balaban J connectivity index is 0.000000311. The summed E-state index contributed by atoms with van der Waals surface area (Å²) in [5, 5.41) is 5.75. The number of carbonyl (C=O) groups excluding carboxylic acids is 1. The van der Waals surface area contributed by atoms with E-state index in [1.807, 2.05) is 0 Å². The molecule has 13 heteroatoms. The Hall–Kier alpha value is -2.28. The van der Waals surface area contributed by atoms with Crippen molar-refractivity contribution < 1.29 is 35.3 Å². The van der Waals surface area contributed by atoms with Crippen molar-refractivity contribution in [2.24, 2.45) is 0 Å². The van der Waals surface area contributed by atoms with Crippen molar-refractivity contribution in [2.75, 3.05) is 30.5 Å². The van der Waals surface area contributed by atoms with Gasteiger partial charge in [0.2, 0.25) is 0 Å². The van der Waals surface area contributed by atoms with Crippen LogP contribution in [0.2, 0.25) is 0 Å². The van der Waals surface area contributed by atoms with Crippen LogP contribution in [0.1, 0.15) is 23.0 Å². The van der Waals surface area contributed by atoms with E-state index >= 15 is 0 Å². The van der Waals surface area contributed by atoms with Crippen LogP contribution >= 0.6 is 23.8 Å². The first-order valence-electron chi connectivity index (χ1n) is 8.52. The van der Waals surface area contributed by atoms with Crippen LogP contribution < -0.4 is 14.8 Å². The van der Waals surface area contributed by atoms with Crippen LogP contribution in [0.25, 0.3) is 0 Å². The zero-order valence-electron chi connectivity index (χ0n) is 16.5. The average Bonchev–Trinajstić information content (AvgIpc) is 2.71. The third-order valence-electron chi connectivity index (χ3n) is 3.38. The minimum atomic E-state index is -4.42. The number of benzene rings is 1. The molecule has 1 aromatic carbocycles. The summed E-state index contributed by atoms with van der Waals surface area (Å²) in [7, 11) is 3.40. The molecule has 0 aliphatic rings. The number of pyridine rings is 1. The van der Waals surface area contributed by atoms with E-state index in [4.69, 9.17) is 0 Å². The number of hydrogen-bond acceptors (Lipinski definition) is 7. The Kier molecular flexibility index (Phi) is 10.3. The number of aldehydes is 1. The van der Waals surface area contributed by atoms with Crippen LogP contribution in [0.4, 0.5) is 37.7 Å². The van der Waals surface area contributed by atoms with Crippen molar-refractivity contribution in [2.45, 2.75) is 23.5 Å². The fourth-order valence-electron chi connectivity index (χ4n) is 2.07. The SMILES string of the molecule is CCSc1cc(C(F)(F)F)cnc1C=O.CNc1ccc(OSC(F)(F)F)cc1NC. The highest BCUT2D eigenvalue weighted by molar-refractivity contribution is 7.99. The van der Waals surface area contributed by atoms with Crippen molar-refractivity contribution >= 4 is 41.5 Å². The second kappa shape index (κ2) is 11.9. The number of aromatic nitrogens is 1. The highest BCUT2D eigenvalue weighted by Crippen LogP contribution is 2.35. The molecule has 1 heterocycles. The average molecular weight is 487 g/mol. The number of nitrogens with one attached hydrogen (secondary N) is 2. The van der Waals surface area contributed by atoms with Gasteiger partial charge >= 0.3 is 11.7 Å². The molecule has 2 aromatic rings. The van der Waals surface area contributed by atoms with Gasteiger partial charge in [-0.05, 0) is 24.0 Å². The van der Waals surface area contributed by atoms with Gasteiger partial charge in [-0.25, -0.2) is 0 Å². The number of anilines is 2. The van der Waals surface area contributed by atoms with Gasteiger partial charge in [-0.3, -0.25) is 9.78 Å². The molecule has 0 atom stereocenters. The summed E-state index contributed by atoms with van der Waals surface area (Å²) in [5.41, 5.74) is -3.73. The summed E-state index contributed by atoms with van der Waals surface area (Å²) < 4.78 is 77.1. The minimum absolute atomic E-state index is 0.0508. The molecule has 0 fully saturated rings. The second-order valence-corrected chi connectivity index (χ2v) is 7.58. The van der Waals surface area contributed by atoms with Crippen LogP contribution in [-0.2, 0) is 6.18 Å². The molecule has 0 aliphatic heterocycles. The molecule has 0 aliphatic carbocycles. The van der Waals surface area contributed by atoms with E-state index in [-0.39, 0.29) is 16.3 Å². The number of hydrogen-bond donors (Lipinski definition) is 2. The van der Waals surface area contributed by atoms with Crippen molar-refractivity contribution in [3.05, 3.63) is 41.7 Å². The van der Waals surface area contributed by atoms with Gasteiger partial charge in [0.25, 0.3) is 0 Å². The maximum Gasteiger partial charge on any atom is 0.479 e. The Morgan fingerprint density at radius 2 is 1.71 bits per heavy atom. The summed E-state index contributed by atoms with van der Waals surface area (Å²) in [4.78, 5) is 14.2. The second-order valence-electron chi connectivity index (χ2n) is 5.48. The summed E-state index contributed by atoms with van der Waals surface area (Å²) in [5.74, 6) is 0.731. The third kappa shape index (κ3) is 9.17. The molecule has 31 heavy (non-hydrogen) atoms. The van der Waals surface area contributed by atoms with Crippen LogP contribution in [0.5, 0.6) is 5.75 Å². The lowest BCUT2D eigenvalue weighted by molar-refractivity contribution is -0.138. The summed E-state index contributed by atoms with van der Waals surface area (Å²) in [6.07, 6.45) is -3.29. The van der Waals surface area contributed by atoms with E-state index in [2.05, 4.69) is 19.8 Å². The van der Waals surface area contributed by atoms with E-state index in [0.29, 0.717) is 23.9 Å². The van der Waals surface area contributed by atoms with Gasteiger partial charge in [-0.15, -0.1) is 11.8 Å². The lowest BCUT2D eigenvalue weighted by Crippen LogP contribution is -2.07. The van der Waals surface area contributed by atoms with Gasteiger partial charge < -0.3 is 14.8 Å². The molecule has 172 valence electrons. The van der Waals surface area contributed by atoms with Crippen molar-refractivity contribution in [3.63, 3.8) is 0 Å². The molecular formula is C18H19F6N3O2S2. The molecule has 5 nitrogen and oxygen atoms in total. The number of alkyl halides is 6. The predicted molar refractivity (Wildman–Crippen MR) is 111 cm³/mol. The third-order valence-corrected chi connectivity index (χ3v) is 4.77. The molecule has 0 saturated carbocycles. The van der Waals surface area contributed by atoms with E-state index in [9.17, 15) is 31.1 Å². The van der Waals surface area contributed by atoms with Crippen LogP contribution in [-0.4, -0.2) is 36.6 Å². The van der Waals surface area contributed by atoms with Gasteiger partial charge in [-0.2, -0.15) is 26.3 Å². The maximum atomic E-state index is 12.3. The molecule has 0 unspecified atom stereocenters. The first-order chi connectivity index (χ1) is 14.4. The Labute approximate surface area is 183 Å². The number of halogens is 6. The van der Waals surface area contributed by atoms with Gasteiger partial charge in [0, 0.05) is 31.3 Å². The lowest BCUT2D eigenvalue weighted by atomic mass is 10.2. The molecule has 0 spiro atoms. The van der Waals surface area contributed by atoms with E-state index < -0.39 is 29.3 Å². The highest BCUT2D eigenvalue weighted by atomic mass is 32.2. The molecule has 1 aromatic heterocycles. The zero-order chi connectivity index (χ0) is 23.7. The Morgan fingerprint density at radius 3 is 2.19 bits per heavy atom. The largest absolute Gasteiger partial charge is 0.479 e. The Morgan fingerprint density at radius 1 is 1.06 bits per heavy atom. The fraction of sp³-hybridized carbons (Fsp3) is 0.333. The standard InChI is InChI=1S/C9H11F3N2OS.C9H8F3NOS/c1-13-7-4-3-6(5-8(7)14-2)15-16-9(10,11)12;1-2-15-8-3-6(9(10,11)12)4-13-7(8)5-14/h3-5,13-14H,1-2H3;3-5H,2H2,1H3. The number of carbonyl (C=O) groups is 1. The van der Waals surface area contributed by atoms with Gasteiger partial charge in [-0.1, -0.05) is 6.92 Å². The van der Waals surface area contributed by atoms with Crippen molar-refractivity contribution in [1.82, 2.24) is 4.98 Å². The normalized spacial score (nSPS) is 11.3. The van der Waals surface area contributed by atoms with E-state index in [0.717, 1.165) is 23.5 Å². The van der Waals surface area contributed by atoms with E-state index in [1.165, 1.54) is 12.1 Å². The Bertz CT molecular complexity index is 863. The van der Waals surface area contributed by atoms with Crippen LogP contribution in [0.15, 0.2) is 35.4 Å². The van der Waals surface area contributed by atoms with Crippen LogP contribution in [0.3, 0.4) is 0 Å². The summed E-state index contributed by atoms with van der Waals surface area (Å²) in [6.45, 7) is 1.79. The van der Waals surface area contributed by atoms with E-state index in [1.54, 1.807) is 27.1 Å². The topological polar surface area (TPSA) is 63.2 Å². The monoisotopic (exact) mass is 487 g/mol. The maximum absolute atomic E-state index is 12.3.